The van der Waals surface area contributed by atoms with Crippen molar-refractivity contribution >= 4 is 17.2 Å². The predicted molar refractivity (Wildman–Crippen MR) is 97.8 cm³/mol. The highest BCUT2D eigenvalue weighted by atomic mass is 32.1. The Bertz CT molecular complexity index is 845. The molecule has 6 heteroatoms. The number of rotatable bonds is 6. The molecule has 0 aliphatic rings. The molecule has 2 aromatic heterocycles. The quantitative estimate of drug-likeness (QED) is 0.734. The Morgan fingerprint density at radius 1 is 1.16 bits per heavy atom. The number of aryl methyl sites for hydroxylation is 2. The van der Waals surface area contributed by atoms with Crippen LogP contribution in [0.2, 0.25) is 0 Å². The second kappa shape index (κ2) is 7.90. The number of nitrogens with zero attached hydrogens (tertiary/aromatic N) is 2. The van der Waals surface area contributed by atoms with Gasteiger partial charge in [-0.05, 0) is 31.5 Å². The zero-order valence-electron chi connectivity index (χ0n) is 14.2. The standard InChI is InChI=1S/C19H19N3O2S/c1-13-8-9-16(11-20-13)24-12-17-22-14(2)18(25-17)19(23)21-10-15-6-4-3-5-7-15/h3-9,11H,10,12H2,1-2H3,(H,21,23). The van der Waals surface area contributed by atoms with Gasteiger partial charge < -0.3 is 10.1 Å². The van der Waals surface area contributed by atoms with Crippen molar-refractivity contribution < 1.29 is 9.53 Å². The summed E-state index contributed by atoms with van der Waals surface area (Å²) >= 11 is 1.36. The maximum atomic E-state index is 12.4. The molecule has 1 N–H and O–H groups in total. The number of carbonyl (C=O) groups excluding carboxylic acids is 1. The van der Waals surface area contributed by atoms with E-state index in [4.69, 9.17) is 4.74 Å². The molecule has 5 nitrogen and oxygen atoms in total. The Morgan fingerprint density at radius 3 is 2.68 bits per heavy atom. The number of pyridine rings is 1. The summed E-state index contributed by atoms with van der Waals surface area (Å²) < 4.78 is 5.68. The Morgan fingerprint density at radius 2 is 1.96 bits per heavy atom. The van der Waals surface area contributed by atoms with Gasteiger partial charge in [0, 0.05) is 12.2 Å². The van der Waals surface area contributed by atoms with Crippen molar-refractivity contribution in [2.45, 2.75) is 27.0 Å². The maximum absolute atomic E-state index is 12.4. The fourth-order valence-electron chi connectivity index (χ4n) is 2.27. The molecule has 1 aromatic carbocycles. The molecule has 0 fully saturated rings. The van der Waals surface area contributed by atoms with Gasteiger partial charge >= 0.3 is 0 Å². The molecule has 0 aliphatic heterocycles. The third kappa shape index (κ3) is 4.64. The van der Waals surface area contributed by atoms with Crippen LogP contribution in [0.25, 0.3) is 0 Å². The second-order valence-corrected chi connectivity index (χ2v) is 6.70. The van der Waals surface area contributed by atoms with Gasteiger partial charge in [-0.3, -0.25) is 9.78 Å². The number of hydrogen-bond donors (Lipinski definition) is 1. The van der Waals surface area contributed by atoms with Crippen LogP contribution in [-0.4, -0.2) is 15.9 Å². The fourth-order valence-corrected chi connectivity index (χ4v) is 3.16. The van der Waals surface area contributed by atoms with Gasteiger partial charge in [-0.15, -0.1) is 11.3 Å². The van der Waals surface area contributed by atoms with Crippen molar-refractivity contribution in [2.75, 3.05) is 0 Å². The largest absolute Gasteiger partial charge is 0.485 e. The summed E-state index contributed by atoms with van der Waals surface area (Å²) in [5.74, 6) is 0.579. The molecule has 0 bridgehead atoms. The van der Waals surface area contributed by atoms with E-state index in [0.29, 0.717) is 23.8 Å². The molecule has 0 unspecified atom stereocenters. The van der Waals surface area contributed by atoms with Gasteiger partial charge in [0.2, 0.25) is 0 Å². The molecule has 3 aromatic rings. The summed E-state index contributed by atoms with van der Waals surface area (Å²) in [5, 5.41) is 3.70. The third-order valence-corrected chi connectivity index (χ3v) is 4.72. The van der Waals surface area contributed by atoms with Crippen molar-refractivity contribution in [1.82, 2.24) is 15.3 Å². The molecular formula is C19H19N3O2S. The van der Waals surface area contributed by atoms with Gasteiger partial charge in [0.1, 0.15) is 22.2 Å². The van der Waals surface area contributed by atoms with Crippen LogP contribution in [0.5, 0.6) is 5.75 Å². The van der Waals surface area contributed by atoms with E-state index in [0.717, 1.165) is 22.0 Å². The Labute approximate surface area is 150 Å². The SMILES string of the molecule is Cc1ccc(OCc2nc(C)c(C(=O)NCc3ccccc3)s2)cn1. The average Bonchev–Trinajstić information content (AvgIpc) is 3.01. The summed E-state index contributed by atoms with van der Waals surface area (Å²) in [6.07, 6.45) is 1.68. The lowest BCUT2D eigenvalue weighted by Crippen LogP contribution is -2.22. The third-order valence-electron chi connectivity index (χ3n) is 3.59. The molecule has 2 heterocycles. The number of hydrogen-bond acceptors (Lipinski definition) is 5. The van der Waals surface area contributed by atoms with E-state index in [1.807, 2.05) is 56.3 Å². The first-order valence-electron chi connectivity index (χ1n) is 7.95. The molecule has 1 amide bonds. The van der Waals surface area contributed by atoms with Crippen molar-refractivity contribution in [2.24, 2.45) is 0 Å². The highest BCUT2D eigenvalue weighted by molar-refractivity contribution is 7.13. The van der Waals surface area contributed by atoms with Gasteiger partial charge in [-0.25, -0.2) is 4.98 Å². The first-order valence-corrected chi connectivity index (χ1v) is 8.77. The van der Waals surface area contributed by atoms with E-state index >= 15 is 0 Å². The first-order chi connectivity index (χ1) is 12.1. The fraction of sp³-hybridized carbons (Fsp3) is 0.211. The summed E-state index contributed by atoms with van der Waals surface area (Å²) in [4.78, 5) is 21.6. The maximum Gasteiger partial charge on any atom is 0.263 e. The van der Waals surface area contributed by atoms with Gasteiger partial charge in [0.15, 0.2) is 0 Å². The van der Waals surface area contributed by atoms with Crippen LogP contribution in [0.4, 0.5) is 0 Å². The minimum atomic E-state index is -0.109. The summed E-state index contributed by atoms with van der Waals surface area (Å²) in [5.41, 5.74) is 2.72. The normalized spacial score (nSPS) is 10.5. The number of nitrogens with one attached hydrogen (secondary N) is 1. The number of carbonyl (C=O) groups is 1. The minimum Gasteiger partial charge on any atom is -0.485 e. The topological polar surface area (TPSA) is 64.1 Å². The Kier molecular flexibility index (Phi) is 5.40. The average molecular weight is 353 g/mol. The van der Waals surface area contributed by atoms with E-state index in [9.17, 15) is 4.79 Å². The van der Waals surface area contributed by atoms with Crippen molar-refractivity contribution in [3.05, 3.63) is 75.5 Å². The number of ether oxygens (including phenoxy) is 1. The molecule has 0 saturated heterocycles. The molecule has 0 atom stereocenters. The number of amides is 1. The molecular weight excluding hydrogens is 334 g/mol. The first kappa shape index (κ1) is 17.1. The van der Waals surface area contributed by atoms with E-state index in [-0.39, 0.29) is 5.91 Å². The van der Waals surface area contributed by atoms with Gasteiger partial charge in [0.25, 0.3) is 5.91 Å². The Hall–Kier alpha value is -2.73. The lowest BCUT2D eigenvalue weighted by atomic mass is 10.2. The highest BCUT2D eigenvalue weighted by Gasteiger charge is 2.15. The smallest absolute Gasteiger partial charge is 0.263 e. The van der Waals surface area contributed by atoms with Crippen molar-refractivity contribution in [3.8, 4) is 5.75 Å². The monoisotopic (exact) mass is 353 g/mol. The molecule has 128 valence electrons. The zero-order chi connectivity index (χ0) is 17.6. The second-order valence-electron chi connectivity index (χ2n) is 5.61. The van der Waals surface area contributed by atoms with Crippen LogP contribution >= 0.6 is 11.3 Å². The van der Waals surface area contributed by atoms with Crippen LogP contribution in [-0.2, 0) is 13.2 Å². The van der Waals surface area contributed by atoms with Crippen molar-refractivity contribution in [1.29, 1.82) is 0 Å². The van der Waals surface area contributed by atoms with E-state index in [2.05, 4.69) is 15.3 Å². The van der Waals surface area contributed by atoms with Crippen LogP contribution in [0.1, 0.15) is 31.6 Å². The Balaban J connectivity index is 1.59. The molecule has 0 radical (unpaired) electrons. The molecule has 25 heavy (non-hydrogen) atoms. The lowest BCUT2D eigenvalue weighted by Gasteiger charge is -2.04. The number of thiazole rings is 1. The summed E-state index contributed by atoms with van der Waals surface area (Å²) in [7, 11) is 0. The highest BCUT2D eigenvalue weighted by Crippen LogP contribution is 2.20. The van der Waals surface area contributed by atoms with Crippen LogP contribution < -0.4 is 10.1 Å². The van der Waals surface area contributed by atoms with Crippen LogP contribution in [0.15, 0.2) is 48.7 Å². The van der Waals surface area contributed by atoms with Crippen LogP contribution in [0.3, 0.4) is 0 Å². The lowest BCUT2D eigenvalue weighted by molar-refractivity contribution is 0.0954. The molecule has 0 spiro atoms. The van der Waals surface area contributed by atoms with Gasteiger partial charge in [-0.2, -0.15) is 0 Å². The predicted octanol–water partition coefficient (Wildman–Crippen LogP) is 3.66. The van der Waals surface area contributed by atoms with Gasteiger partial charge in [0.05, 0.1) is 11.9 Å². The van der Waals surface area contributed by atoms with Gasteiger partial charge in [-0.1, -0.05) is 30.3 Å². The molecule has 0 saturated carbocycles. The number of benzene rings is 1. The summed E-state index contributed by atoms with van der Waals surface area (Å²) in [6, 6.07) is 13.6. The molecule has 0 aliphatic carbocycles. The van der Waals surface area contributed by atoms with E-state index in [1.165, 1.54) is 11.3 Å². The van der Waals surface area contributed by atoms with Crippen molar-refractivity contribution in [3.63, 3.8) is 0 Å². The van der Waals surface area contributed by atoms with E-state index in [1.54, 1.807) is 6.20 Å². The van der Waals surface area contributed by atoms with Crippen LogP contribution in [0, 0.1) is 13.8 Å². The minimum absolute atomic E-state index is 0.109. The number of aromatic nitrogens is 2. The zero-order valence-corrected chi connectivity index (χ0v) is 15.0. The van der Waals surface area contributed by atoms with E-state index < -0.39 is 0 Å². The molecule has 3 rings (SSSR count). The summed E-state index contributed by atoms with van der Waals surface area (Å²) in [6.45, 7) is 4.58.